The van der Waals surface area contributed by atoms with E-state index in [4.69, 9.17) is 9.47 Å². The molecule has 184 valence electrons. The fourth-order valence-corrected chi connectivity index (χ4v) is 5.06. The molecule has 0 fully saturated rings. The highest BCUT2D eigenvalue weighted by Crippen LogP contribution is 2.45. The van der Waals surface area contributed by atoms with Gasteiger partial charge in [0.2, 0.25) is 5.91 Å². The second-order valence-corrected chi connectivity index (χ2v) is 8.71. The number of H-pyrrole nitrogens is 1. The summed E-state index contributed by atoms with van der Waals surface area (Å²) in [6, 6.07) is 22.2. The fourth-order valence-electron chi connectivity index (χ4n) is 5.06. The quantitative estimate of drug-likeness (QED) is 0.364. The zero-order valence-electron chi connectivity index (χ0n) is 20.4. The first kappa shape index (κ1) is 23.6. The molecule has 1 aromatic heterocycles. The van der Waals surface area contributed by atoms with Crippen molar-refractivity contribution in [2.75, 3.05) is 32.2 Å². The molecule has 7 heteroatoms. The van der Waals surface area contributed by atoms with Gasteiger partial charge in [0, 0.05) is 41.9 Å². The minimum atomic E-state index is -0.648. The minimum absolute atomic E-state index is 0.114. The standard InChI is InChI=1S/C29H29N3O4/c1-3-36-25-15-9-8-14-24(25)31-28(33)26-20-11-4-5-12-21(20)29(34)32(16-17-35-2)27(26)22-18-30-23-13-7-6-10-19(22)23/h4-15,18,26-27,30H,3,16-17H2,1-2H3,(H,31,33)/t26-,27+/m1/s1. The number of anilines is 1. The van der Waals surface area contributed by atoms with Gasteiger partial charge in [-0.15, -0.1) is 0 Å². The first-order valence-corrected chi connectivity index (χ1v) is 12.1. The van der Waals surface area contributed by atoms with Gasteiger partial charge in [-0.25, -0.2) is 0 Å². The number of nitrogens with zero attached hydrogens (tertiary/aromatic N) is 1. The third-order valence-electron chi connectivity index (χ3n) is 6.64. The number of nitrogens with one attached hydrogen (secondary N) is 2. The summed E-state index contributed by atoms with van der Waals surface area (Å²) in [5.74, 6) is -0.366. The summed E-state index contributed by atoms with van der Waals surface area (Å²) in [6.45, 7) is 3.10. The maximum Gasteiger partial charge on any atom is 0.254 e. The Morgan fingerprint density at radius 1 is 1.00 bits per heavy atom. The summed E-state index contributed by atoms with van der Waals surface area (Å²) in [7, 11) is 1.61. The molecule has 2 atom stereocenters. The Kier molecular flexibility index (Phi) is 6.73. The van der Waals surface area contributed by atoms with Crippen molar-refractivity contribution in [3.05, 3.63) is 95.7 Å². The first-order valence-electron chi connectivity index (χ1n) is 12.1. The topological polar surface area (TPSA) is 83.7 Å². The van der Waals surface area contributed by atoms with Gasteiger partial charge in [-0.05, 0) is 36.8 Å². The number of ether oxygens (including phenoxy) is 2. The smallest absolute Gasteiger partial charge is 0.254 e. The fraction of sp³-hybridized carbons (Fsp3) is 0.241. The van der Waals surface area contributed by atoms with Crippen molar-refractivity contribution in [2.45, 2.75) is 18.9 Å². The summed E-state index contributed by atoms with van der Waals surface area (Å²) in [5, 5.41) is 4.07. The van der Waals surface area contributed by atoms with Crippen molar-refractivity contribution in [3.63, 3.8) is 0 Å². The van der Waals surface area contributed by atoms with Gasteiger partial charge in [0.25, 0.3) is 5.91 Å². The van der Waals surface area contributed by atoms with E-state index in [-0.39, 0.29) is 11.8 Å². The molecule has 1 aliphatic heterocycles. The number of carbonyl (C=O) groups is 2. The number of hydrogen-bond donors (Lipinski definition) is 2. The van der Waals surface area contributed by atoms with E-state index >= 15 is 0 Å². The van der Waals surface area contributed by atoms with Gasteiger partial charge >= 0.3 is 0 Å². The van der Waals surface area contributed by atoms with Crippen LogP contribution in [0.2, 0.25) is 0 Å². The average Bonchev–Trinajstić information content (AvgIpc) is 3.33. The van der Waals surface area contributed by atoms with E-state index in [0.717, 1.165) is 16.5 Å². The number of benzene rings is 3. The van der Waals surface area contributed by atoms with Gasteiger partial charge in [-0.3, -0.25) is 9.59 Å². The van der Waals surface area contributed by atoms with Crippen LogP contribution in [-0.2, 0) is 9.53 Å². The first-order chi connectivity index (χ1) is 17.6. The lowest BCUT2D eigenvalue weighted by Gasteiger charge is -2.41. The molecule has 2 heterocycles. The molecule has 0 spiro atoms. The third-order valence-corrected chi connectivity index (χ3v) is 6.64. The summed E-state index contributed by atoms with van der Waals surface area (Å²) in [6.07, 6.45) is 1.91. The SMILES string of the molecule is CCOc1ccccc1NC(=O)[C@@H]1c2ccccc2C(=O)N(CCOC)[C@H]1c1c[nH]c2ccccc12. The van der Waals surface area contributed by atoms with Gasteiger partial charge in [0.05, 0.1) is 30.9 Å². The van der Waals surface area contributed by atoms with Gasteiger partial charge in [0.15, 0.2) is 0 Å². The Hall–Kier alpha value is -4.10. The lowest BCUT2D eigenvalue weighted by molar-refractivity contribution is -0.119. The average molecular weight is 484 g/mol. The van der Waals surface area contributed by atoms with Crippen LogP contribution in [0, 0.1) is 0 Å². The van der Waals surface area contributed by atoms with Crippen LogP contribution < -0.4 is 10.1 Å². The van der Waals surface area contributed by atoms with Crippen molar-refractivity contribution < 1.29 is 19.1 Å². The molecule has 5 rings (SSSR count). The van der Waals surface area contributed by atoms with Crippen LogP contribution in [-0.4, -0.2) is 48.6 Å². The highest BCUT2D eigenvalue weighted by molar-refractivity contribution is 6.05. The van der Waals surface area contributed by atoms with E-state index in [9.17, 15) is 9.59 Å². The highest BCUT2D eigenvalue weighted by Gasteiger charge is 2.45. The second-order valence-electron chi connectivity index (χ2n) is 8.71. The van der Waals surface area contributed by atoms with Crippen LogP contribution in [0.15, 0.2) is 79.0 Å². The lowest BCUT2D eigenvalue weighted by atomic mass is 9.79. The second kappa shape index (κ2) is 10.3. The molecular weight excluding hydrogens is 454 g/mol. The number of hydrogen-bond acceptors (Lipinski definition) is 4. The maximum absolute atomic E-state index is 14.1. The molecular formula is C29H29N3O4. The Bertz CT molecular complexity index is 1400. The molecule has 0 bridgehead atoms. The Balaban J connectivity index is 1.66. The summed E-state index contributed by atoms with van der Waals surface area (Å²) >= 11 is 0. The third kappa shape index (κ3) is 4.22. The molecule has 2 amide bonds. The van der Waals surface area contributed by atoms with E-state index in [1.165, 1.54) is 0 Å². The van der Waals surface area contributed by atoms with Gasteiger partial charge < -0.3 is 24.7 Å². The molecule has 0 aliphatic carbocycles. The van der Waals surface area contributed by atoms with Crippen molar-refractivity contribution in [1.29, 1.82) is 0 Å². The van der Waals surface area contributed by atoms with Gasteiger partial charge in [0.1, 0.15) is 5.75 Å². The summed E-state index contributed by atoms with van der Waals surface area (Å²) in [4.78, 5) is 32.9. The molecule has 7 nitrogen and oxygen atoms in total. The van der Waals surface area contributed by atoms with Crippen LogP contribution in [0.4, 0.5) is 5.69 Å². The molecule has 0 unspecified atom stereocenters. The van der Waals surface area contributed by atoms with Crippen molar-refractivity contribution in [3.8, 4) is 5.75 Å². The number of rotatable bonds is 8. The van der Waals surface area contributed by atoms with Crippen LogP contribution in [0.25, 0.3) is 10.9 Å². The molecule has 4 aromatic rings. The normalized spacial score (nSPS) is 17.2. The number of aromatic amines is 1. The number of carbonyl (C=O) groups excluding carboxylic acids is 2. The molecule has 0 saturated carbocycles. The zero-order valence-corrected chi connectivity index (χ0v) is 20.4. The van der Waals surface area contributed by atoms with Crippen molar-refractivity contribution in [2.24, 2.45) is 0 Å². The Morgan fingerprint density at radius 3 is 2.58 bits per heavy atom. The largest absolute Gasteiger partial charge is 0.492 e. The zero-order chi connectivity index (χ0) is 25.1. The van der Waals surface area contributed by atoms with Crippen molar-refractivity contribution >= 4 is 28.4 Å². The molecule has 0 saturated heterocycles. The minimum Gasteiger partial charge on any atom is -0.492 e. The Morgan fingerprint density at radius 2 is 1.75 bits per heavy atom. The summed E-state index contributed by atoms with van der Waals surface area (Å²) in [5.41, 5.74) is 3.68. The molecule has 0 radical (unpaired) electrons. The van der Waals surface area contributed by atoms with Crippen LogP contribution in [0.1, 0.15) is 40.4 Å². The molecule has 36 heavy (non-hydrogen) atoms. The maximum atomic E-state index is 14.1. The van der Waals surface area contributed by atoms with E-state index in [1.54, 1.807) is 18.1 Å². The van der Waals surface area contributed by atoms with Crippen LogP contribution >= 0.6 is 0 Å². The van der Waals surface area contributed by atoms with Gasteiger partial charge in [-0.2, -0.15) is 0 Å². The van der Waals surface area contributed by atoms with Crippen LogP contribution in [0.5, 0.6) is 5.75 Å². The number of methoxy groups -OCH3 is 1. The van der Waals surface area contributed by atoms with Crippen LogP contribution in [0.3, 0.4) is 0 Å². The number of amides is 2. The van der Waals surface area contributed by atoms with E-state index < -0.39 is 12.0 Å². The molecule has 3 aromatic carbocycles. The predicted octanol–water partition coefficient (Wildman–Crippen LogP) is 5.13. The highest BCUT2D eigenvalue weighted by atomic mass is 16.5. The number of aromatic nitrogens is 1. The Labute approximate surface area is 210 Å². The monoisotopic (exact) mass is 483 g/mol. The molecule has 2 N–H and O–H groups in total. The van der Waals surface area contributed by atoms with Crippen molar-refractivity contribution in [1.82, 2.24) is 9.88 Å². The van der Waals surface area contributed by atoms with E-state index in [2.05, 4.69) is 10.3 Å². The number of fused-ring (bicyclic) bond motifs is 2. The van der Waals surface area contributed by atoms with Gasteiger partial charge in [-0.1, -0.05) is 48.5 Å². The van der Waals surface area contributed by atoms with E-state index in [1.807, 2.05) is 79.9 Å². The lowest BCUT2D eigenvalue weighted by Crippen LogP contribution is -2.47. The number of para-hydroxylation sites is 3. The predicted molar refractivity (Wildman–Crippen MR) is 139 cm³/mol. The van der Waals surface area contributed by atoms with E-state index in [0.29, 0.717) is 42.3 Å². The summed E-state index contributed by atoms with van der Waals surface area (Å²) < 4.78 is 11.1. The molecule has 1 aliphatic rings.